The second-order valence-electron chi connectivity index (χ2n) is 32.3. The molecule has 13 atom stereocenters. The van der Waals surface area contributed by atoms with Crippen LogP contribution in [0.1, 0.15) is 163 Å². The Morgan fingerprint density at radius 3 is 1.69 bits per heavy atom. The minimum atomic E-state index is -4.65. The lowest BCUT2D eigenvalue weighted by molar-refractivity contribution is -0.156. The predicted octanol–water partition coefficient (Wildman–Crippen LogP) is -2.29. The van der Waals surface area contributed by atoms with Crippen LogP contribution in [0.15, 0.2) is 108 Å². The fraction of sp³-hybridized carbons (Fsp3) is 0.471. The largest absolute Gasteiger partial charge is 0.481 e. The summed E-state index contributed by atoms with van der Waals surface area (Å²) in [6.07, 6.45) is -7.80. The van der Waals surface area contributed by atoms with E-state index in [-0.39, 0.29) is 54.1 Å². The molecule has 14 amide bonds. The first-order valence-corrected chi connectivity index (χ1v) is 44.9. The molecule has 1 aromatic heterocycles. The molecule has 0 bridgehead atoms. The maximum Gasteiger partial charge on any atom is 0.416 e. The Bertz CT molecular complexity index is 5300. The molecule has 1 aliphatic heterocycles. The van der Waals surface area contributed by atoms with Crippen LogP contribution in [0.3, 0.4) is 0 Å². The van der Waals surface area contributed by atoms with Gasteiger partial charge in [0.2, 0.25) is 92.7 Å². The number of para-hydroxylation sites is 2. The van der Waals surface area contributed by atoms with E-state index in [0.717, 1.165) is 77.1 Å². The van der Waals surface area contributed by atoms with Crippen LogP contribution < -0.4 is 90.6 Å². The van der Waals surface area contributed by atoms with Gasteiger partial charge in [0.1, 0.15) is 72.6 Å². The van der Waals surface area contributed by atoms with Gasteiger partial charge in [0.15, 0.2) is 5.78 Å². The van der Waals surface area contributed by atoms with E-state index in [1.807, 2.05) is 16.0 Å². The highest BCUT2D eigenvalue weighted by atomic mass is 32.2. The van der Waals surface area contributed by atoms with Crippen molar-refractivity contribution in [1.29, 1.82) is 0 Å². The first-order chi connectivity index (χ1) is 64.7. The number of alkyl halides is 3. The number of Topliss-reactive ketones (excluding diaryl/α,β-unsaturated/α-hetero) is 1. The number of aliphatic hydroxyl groups excluding tert-OH is 1. The number of carboxylic acid groups (broad SMARTS) is 4. The summed E-state index contributed by atoms with van der Waals surface area (Å²) in [6.45, 7) is 0.478. The van der Waals surface area contributed by atoms with E-state index in [9.17, 15) is 133 Å². The topological polar surface area (TPSA) is 734 Å². The van der Waals surface area contributed by atoms with Crippen LogP contribution in [0.5, 0.6) is 0 Å². The summed E-state index contributed by atoms with van der Waals surface area (Å²) >= 11 is 0. The molecule has 5 aromatic rings. The number of fused-ring (bicyclic) bond motifs is 1. The lowest BCUT2D eigenvalue weighted by Gasteiger charge is -2.30. The van der Waals surface area contributed by atoms with Crippen molar-refractivity contribution in [2.45, 2.75) is 234 Å². The number of nitrogens with two attached hydrogens (primary N) is 2. The number of sulfonamides is 1. The highest BCUT2D eigenvalue weighted by Gasteiger charge is 2.42. The van der Waals surface area contributed by atoms with Crippen molar-refractivity contribution < 1.29 is 148 Å². The number of nitrogen functional groups attached to an aromatic ring is 1. The number of esters is 1. The Labute approximate surface area is 781 Å². The van der Waals surface area contributed by atoms with Crippen molar-refractivity contribution in [3.8, 4) is 0 Å². The SMILES string of the molecule is CCCCCCCCCC(=O)NC(Cc1c[nH]c2ccccc12)C(=O)NC(CC(N)=O)C(=O)NC(CC(=O)O)C(=O)NC1C(=O)NCC(=O)NC(CCCNCc2ccc(S(=O)(=O)NCc3ccc(C(F)(F)F)cc3)cc2)C(=O)NC(CC(=O)O)C(=O)NC(C)C(=O)NC(CC(=O)O)C(=O)NCC(=O)NC(CO)C(=O)NC(C(C)CC(=O)O)C(=O)NC(CC(=O)c2ccccc2N)C(=O)OC1C. The van der Waals surface area contributed by atoms with E-state index in [2.05, 4.69) is 75.1 Å². The third-order valence-corrected chi connectivity index (χ3v) is 22.7. The molecule has 0 aliphatic carbocycles. The fourth-order valence-electron chi connectivity index (χ4n) is 13.9. The number of amides is 14. The predicted molar refractivity (Wildman–Crippen MR) is 475 cm³/mol. The van der Waals surface area contributed by atoms with E-state index >= 15 is 9.59 Å². The van der Waals surface area contributed by atoms with E-state index in [1.165, 1.54) is 48.5 Å². The second kappa shape index (κ2) is 54.1. The second-order valence-corrected chi connectivity index (χ2v) is 34.1. The average Bonchev–Trinajstić information content (AvgIpc) is 1.68. The quantitative estimate of drug-likeness (QED) is 0.00846. The maximum absolute atomic E-state index is 15.1. The summed E-state index contributed by atoms with van der Waals surface area (Å²) in [5.74, 6) is -30.7. The minimum Gasteiger partial charge on any atom is -0.481 e. The monoisotopic (exact) mass is 1950 g/mol. The number of aliphatic carboxylic acids is 4. The average molecular weight is 1950 g/mol. The number of carboxylic acids is 4. The molecule has 137 heavy (non-hydrogen) atoms. The summed E-state index contributed by atoms with van der Waals surface area (Å²) in [5.41, 5.74) is 12.0. The van der Waals surface area contributed by atoms with E-state index < -0.39 is 290 Å². The zero-order valence-corrected chi connectivity index (χ0v) is 75.7. The molecule has 1 aliphatic rings. The van der Waals surface area contributed by atoms with Gasteiger partial charge in [-0.2, -0.15) is 13.2 Å². The Morgan fingerprint density at radius 1 is 0.547 bits per heavy atom. The lowest BCUT2D eigenvalue weighted by atomic mass is 9.96. The lowest BCUT2D eigenvalue weighted by Crippen LogP contribution is -2.62. The number of carbonyl (C=O) groups is 20. The first-order valence-electron chi connectivity index (χ1n) is 43.4. The number of carbonyl (C=O) groups excluding carboxylic acids is 16. The highest BCUT2D eigenvalue weighted by Crippen LogP contribution is 2.30. The smallest absolute Gasteiger partial charge is 0.416 e. The zero-order valence-electron chi connectivity index (χ0n) is 74.9. The summed E-state index contributed by atoms with van der Waals surface area (Å²) < 4.78 is 74.0. The van der Waals surface area contributed by atoms with Crippen molar-refractivity contribution in [1.82, 2.24) is 84.1 Å². The molecule has 6 rings (SSSR count). The van der Waals surface area contributed by atoms with Gasteiger partial charge in [0.25, 0.3) is 0 Å². The molecule has 1 saturated heterocycles. The van der Waals surface area contributed by atoms with Crippen molar-refractivity contribution in [2.75, 3.05) is 32.0 Å². The highest BCUT2D eigenvalue weighted by molar-refractivity contribution is 7.89. The van der Waals surface area contributed by atoms with Crippen LogP contribution in [-0.4, -0.2) is 256 Å². The molecule has 46 nitrogen and oxygen atoms in total. The number of benzene rings is 4. The minimum absolute atomic E-state index is 0.0471. The van der Waals surface area contributed by atoms with Crippen LogP contribution >= 0.6 is 0 Å². The molecule has 2 heterocycles. The number of rotatable bonds is 42. The molecule has 4 aromatic carbocycles. The molecule has 13 unspecified atom stereocenters. The van der Waals surface area contributed by atoms with Crippen molar-refractivity contribution >= 4 is 145 Å². The number of hydrogen-bond acceptors (Lipinski definition) is 26. The number of ether oxygens (including phenoxy) is 1. The van der Waals surface area contributed by atoms with Gasteiger partial charge in [0.05, 0.1) is 62.3 Å². The molecule has 1 fully saturated rings. The molecule has 25 N–H and O–H groups in total. The number of aliphatic hydroxyl groups is 1. The van der Waals surface area contributed by atoms with Crippen molar-refractivity contribution in [2.24, 2.45) is 11.7 Å². The number of hydrogen-bond donors (Lipinski definition) is 23. The van der Waals surface area contributed by atoms with Gasteiger partial charge in [-0.25, -0.2) is 17.9 Å². The van der Waals surface area contributed by atoms with E-state index in [4.69, 9.17) is 16.2 Å². The van der Waals surface area contributed by atoms with Crippen LogP contribution in [0.2, 0.25) is 0 Å². The molecule has 0 radical (unpaired) electrons. The Morgan fingerprint density at radius 2 is 1.09 bits per heavy atom. The Hall–Kier alpha value is -14.6. The van der Waals surface area contributed by atoms with Gasteiger partial charge in [-0.1, -0.05) is 107 Å². The van der Waals surface area contributed by atoms with Crippen LogP contribution in [0, 0.1) is 5.92 Å². The Balaban J connectivity index is 1.41. The Kier molecular flexibility index (Phi) is 43.9. The third kappa shape index (κ3) is 37.3. The summed E-state index contributed by atoms with van der Waals surface area (Å²) in [4.78, 5) is 280. The number of aromatic amines is 1. The van der Waals surface area contributed by atoms with Gasteiger partial charge in [0, 0.05) is 60.7 Å². The fourth-order valence-corrected chi connectivity index (χ4v) is 15.0. The molecule has 50 heteroatoms. The van der Waals surface area contributed by atoms with Gasteiger partial charge in [-0.15, -0.1) is 0 Å². The van der Waals surface area contributed by atoms with Gasteiger partial charge in [-0.3, -0.25) is 91.1 Å². The summed E-state index contributed by atoms with van der Waals surface area (Å²) in [6, 6.07) is -2.56. The van der Waals surface area contributed by atoms with E-state index in [0.29, 0.717) is 34.9 Å². The number of primary amides is 1. The van der Waals surface area contributed by atoms with Gasteiger partial charge < -0.3 is 121 Å². The number of H-pyrrole nitrogens is 1. The van der Waals surface area contributed by atoms with Crippen molar-refractivity contribution in [3.05, 3.63) is 131 Å². The number of aromatic nitrogens is 1. The number of halogens is 3. The van der Waals surface area contributed by atoms with E-state index in [1.54, 1.807) is 30.5 Å². The molecule has 746 valence electrons. The van der Waals surface area contributed by atoms with Crippen molar-refractivity contribution in [3.63, 3.8) is 0 Å². The molecule has 0 spiro atoms. The maximum atomic E-state index is 15.1. The number of anilines is 1. The number of nitrogens with one attached hydrogen (secondary N) is 16. The molecular formula is C87H113F3N18O28S. The van der Waals surface area contributed by atoms with Crippen LogP contribution in [-0.2, 0) is 132 Å². The normalized spacial score (nSPS) is 19.9. The van der Waals surface area contributed by atoms with Gasteiger partial charge in [-0.05, 0) is 105 Å². The van der Waals surface area contributed by atoms with Crippen LogP contribution in [0.25, 0.3) is 10.9 Å². The number of cyclic esters (lactones) is 1. The zero-order chi connectivity index (χ0) is 102. The summed E-state index contributed by atoms with van der Waals surface area (Å²) in [5, 5.41) is 82.4. The molecule has 0 saturated carbocycles. The number of ketones is 1. The molecular weight excluding hydrogens is 1830 g/mol. The summed E-state index contributed by atoms with van der Waals surface area (Å²) in [7, 11) is -4.26. The third-order valence-electron chi connectivity index (χ3n) is 21.3. The van der Waals surface area contributed by atoms with Gasteiger partial charge >= 0.3 is 36.0 Å². The standard InChI is InChI=1S/C87H113F3N18O28S/c1-5-6-7-8-9-10-11-22-67(112)100-58(33-50-41-94-56-20-15-13-17-53(50)56)80(127)103-59(35-66(92)111)81(128)105-62(38-73(121)122)82(129)108-75-47(4)136-86(133)63(34-65(110)54-18-12-14-19-55(54)91)106-85(132)74(45(2)32-70(115)116)107-83(130)64(44-109)101-69(114)42-95-77(124)60(36-71(117)118)102-76(123)46(3)98-79(126)61(37-72(119)120)104-78(125)57(99-68(113)43-96-84(75)131)21-16-31-93-39-48-25-29-52(30-26-48)137(134,135)97-40-49-23-27-51(28-24-49)87(88,89)90/h12-15,17-20,23-30,41,45-47,57-64,74-75,93-94,97,109H,5-11,16,21-22,31-40,42-44,91H2,1-4H3,(H2,92,111)(H,95,124)(H,96,131)(H,98,126)(H,99,113)(H,100,112)(H,101,114)(H,102,123)(H,103,127)(H,104,125)(H,105,128)(H,106,132)(H,107,130)(H,108,129)(H,115,116)(H,117,118)(H,119,120)(H,121,122). The first kappa shape index (κ1) is 111. The van der Waals surface area contributed by atoms with Crippen LogP contribution in [0.4, 0.5) is 18.9 Å². The number of unbranched alkanes of at least 4 members (excludes halogenated alkanes) is 6.